The topological polar surface area (TPSA) is 0 Å². The van der Waals surface area contributed by atoms with Gasteiger partial charge in [-0.1, -0.05) is 18.1 Å². The average Bonchev–Trinajstić information content (AvgIpc) is 1.99. The number of rotatable bonds is 0. The van der Waals surface area contributed by atoms with Crippen LogP contribution in [-0.2, 0) is 0 Å². The van der Waals surface area contributed by atoms with Crippen LogP contribution < -0.4 is 0 Å². The van der Waals surface area contributed by atoms with Crippen LogP contribution in [0.2, 0.25) is 0 Å². The minimum absolute atomic E-state index is 0.959. The van der Waals surface area contributed by atoms with Crippen molar-refractivity contribution >= 4 is 10.2 Å². The first-order valence-corrected chi connectivity index (χ1v) is 4.74. The van der Waals surface area contributed by atoms with Gasteiger partial charge in [0.15, 0.2) is 0 Å². The average molecular weight is 160 g/mol. The van der Waals surface area contributed by atoms with E-state index in [2.05, 4.69) is 43.5 Å². The molecule has 0 amide bonds. The van der Waals surface area contributed by atoms with Crippen LogP contribution in [0.15, 0.2) is 18.2 Å². The summed E-state index contributed by atoms with van der Waals surface area (Å²) < 4.78 is 0. The molecule has 0 aliphatic carbocycles. The van der Waals surface area contributed by atoms with E-state index < -0.39 is 0 Å². The monoisotopic (exact) mass is 160 g/mol. The molecule has 11 heavy (non-hydrogen) atoms. The van der Waals surface area contributed by atoms with E-state index in [4.69, 9.17) is 0 Å². The molecule has 0 bridgehead atoms. The molecule has 0 saturated carbocycles. The molecule has 1 aromatic carbocycles. The molecule has 0 saturated heterocycles. The van der Waals surface area contributed by atoms with Gasteiger partial charge in [0.1, 0.15) is 0 Å². The van der Waals surface area contributed by atoms with Gasteiger partial charge in [0.25, 0.3) is 0 Å². The fourth-order valence-corrected chi connectivity index (χ4v) is 1.29. The van der Waals surface area contributed by atoms with Gasteiger partial charge >= 0.3 is 0 Å². The molecule has 1 rings (SSSR count). The molecule has 0 radical (unpaired) electrons. The second kappa shape index (κ2) is 3.41. The SMILES string of the molecule is Cc1cccc(C#C[SiH3])c1C. The predicted octanol–water partition coefficient (Wildman–Crippen LogP) is 0.978. The molecule has 0 fully saturated rings. The molecule has 0 N–H and O–H groups in total. The summed E-state index contributed by atoms with van der Waals surface area (Å²) in [4.78, 5) is 0. The molecule has 0 heterocycles. The zero-order chi connectivity index (χ0) is 8.27. The van der Waals surface area contributed by atoms with Crippen molar-refractivity contribution in [3.63, 3.8) is 0 Å². The number of benzene rings is 1. The third-order valence-electron chi connectivity index (χ3n) is 1.86. The fraction of sp³-hybridized carbons (Fsp3) is 0.200. The summed E-state index contributed by atoms with van der Waals surface area (Å²) in [6.45, 7) is 4.24. The molecular formula is C10H12Si. The van der Waals surface area contributed by atoms with Crippen LogP contribution in [0.3, 0.4) is 0 Å². The Bertz CT molecular complexity index is 315. The Kier molecular flexibility index (Phi) is 2.51. The molecule has 1 aromatic rings. The molecule has 0 spiro atoms. The zero-order valence-electron chi connectivity index (χ0n) is 7.23. The van der Waals surface area contributed by atoms with Crippen LogP contribution in [0.1, 0.15) is 16.7 Å². The lowest BCUT2D eigenvalue weighted by atomic mass is 10.0. The van der Waals surface area contributed by atoms with Gasteiger partial charge in [-0.25, -0.2) is 0 Å². The molecule has 1 heteroatoms. The highest BCUT2D eigenvalue weighted by molar-refractivity contribution is 6.22. The van der Waals surface area contributed by atoms with E-state index in [0.29, 0.717) is 0 Å². The zero-order valence-corrected chi connectivity index (χ0v) is 9.23. The quantitative estimate of drug-likeness (QED) is 0.392. The second-order valence-electron chi connectivity index (χ2n) is 2.62. The van der Waals surface area contributed by atoms with Gasteiger partial charge in [-0.3, -0.25) is 0 Å². The molecule has 0 atom stereocenters. The summed E-state index contributed by atoms with van der Waals surface area (Å²) in [5, 5.41) is 0. The number of hydrogen-bond donors (Lipinski definition) is 0. The van der Waals surface area contributed by atoms with Gasteiger partial charge in [0, 0.05) is 5.56 Å². The minimum atomic E-state index is 0.959. The summed E-state index contributed by atoms with van der Waals surface area (Å²) in [5.74, 6) is 3.13. The molecule has 0 unspecified atom stereocenters. The van der Waals surface area contributed by atoms with Crippen molar-refractivity contribution in [3.8, 4) is 11.5 Å². The fourth-order valence-electron chi connectivity index (χ4n) is 1.02. The van der Waals surface area contributed by atoms with Crippen molar-refractivity contribution in [3.05, 3.63) is 34.9 Å². The summed E-state index contributed by atoms with van der Waals surface area (Å²) in [5.41, 5.74) is 6.86. The molecule has 0 aliphatic heterocycles. The lowest BCUT2D eigenvalue weighted by Gasteiger charge is -2.00. The van der Waals surface area contributed by atoms with E-state index in [-0.39, 0.29) is 0 Å². The third-order valence-corrected chi connectivity index (χ3v) is 2.11. The Balaban J connectivity index is 3.23. The Morgan fingerprint density at radius 1 is 1.27 bits per heavy atom. The van der Waals surface area contributed by atoms with Crippen LogP contribution in [0, 0.1) is 25.3 Å². The van der Waals surface area contributed by atoms with Crippen molar-refractivity contribution in [2.45, 2.75) is 13.8 Å². The van der Waals surface area contributed by atoms with E-state index in [1.165, 1.54) is 16.7 Å². The van der Waals surface area contributed by atoms with Crippen LogP contribution in [0.25, 0.3) is 0 Å². The van der Waals surface area contributed by atoms with E-state index in [9.17, 15) is 0 Å². The molecule has 0 nitrogen and oxygen atoms in total. The summed E-state index contributed by atoms with van der Waals surface area (Å²) >= 11 is 0. The van der Waals surface area contributed by atoms with Gasteiger partial charge in [-0.2, -0.15) is 0 Å². The molecule has 56 valence electrons. The Hall–Kier alpha value is -1.00. The van der Waals surface area contributed by atoms with Crippen LogP contribution >= 0.6 is 0 Å². The van der Waals surface area contributed by atoms with Crippen LogP contribution in [0.4, 0.5) is 0 Å². The number of aryl methyl sites for hydroxylation is 1. The normalized spacial score (nSPS) is 8.91. The van der Waals surface area contributed by atoms with Crippen LogP contribution in [-0.4, -0.2) is 10.2 Å². The molecule has 0 aliphatic rings. The van der Waals surface area contributed by atoms with Gasteiger partial charge in [0.05, 0.1) is 10.2 Å². The predicted molar refractivity (Wildman–Crippen MR) is 52.7 cm³/mol. The largest absolute Gasteiger partial charge is 0.138 e. The highest BCUT2D eigenvalue weighted by Crippen LogP contribution is 2.10. The molecular weight excluding hydrogens is 148 g/mol. The number of hydrogen-bond acceptors (Lipinski definition) is 0. The Morgan fingerprint density at radius 3 is 2.64 bits per heavy atom. The first-order valence-electron chi connectivity index (χ1n) is 3.74. The smallest absolute Gasteiger partial charge is 0.0911 e. The maximum atomic E-state index is 3.13. The maximum Gasteiger partial charge on any atom is 0.0911 e. The van der Waals surface area contributed by atoms with Crippen molar-refractivity contribution in [2.75, 3.05) is 0 Å². The Labute approximate surface area is 71.1 Å². The van der Waals surface area contributed by atoms with Crippen molar-refractivity contribution < 1.29 is 0 Å². The summed E-state index contributed by atoms with van der Waals surface area (Å²) in [6, 6.07) is 6.25. The maximum absolute atomic E-state index is 3.13. The van der Waals surface area contributed by atoms with Gasteiger partial charge in [0.2, 0.25) is 0 Å². The highest BCUT2D eigenvalue weighted by Gasteiger charge is 1.94. The van der Waals surface area contributed by atoms with Crippen LogP contribution in [0.5, 0.6) is 0 Å². The standard InChI is InChI=1S/C10H12Si/c1-8-4-3-5-10(6-7-11)9(8)2/h3-5H,1-2,11H3. The van der Waals surface area contributed by atoms with Gasteiger partial charge in [-0.15, -0.1) is 5.54 Å². The molecule has 0 aromatic heterocycles. The van der Waals surface area contributed by atoms with E-state index >= 15 is 0 Å². The van der Waals surface area contributed by atoms with Crippen molar-refractivity contribution in [1.82, 2.24) is 0 Å². The summed E-state index contributed by atoms with van der Waals surface area (Å²) in [7, 11) is 0.959. The van der Waals surface area contributed by atoms with E-state index in [1.807, 2.05) is 0 Å². The first-order chi connectivity index (χ1) is 5.25. The van der Waals surface area contributed by atoms with Gasteiger partial charge < -0.3 is 0 Å². The Morgan fingerprint density at radius 2 is 2.00 bits per heavy atom. The lowest BCUT2D eigenvalue weighted by molar-refractivity contribution is 1.32. The highest BCUT2D eigenvalue weighted by atomic mass is 28.1. The second-order valence-corrected chi connectivity index (χ2v) is 3.12. The first kappa shape index (κ1) is 8.10. The lowest BCUT2D eigenvalue weighted by Crippen LogP contribution is -1.85. The minimum Gasteiger partial charge on any atom is -0.138 e. The third kappa shape index (κ3) is 1.72. The van der Waals surface area contributed by atoms with Crippen molar-refractivity contribution in [1.29, 1.82) is 0 Å². The van der Waals surface area contributed by atoms with E-state index in [0.717, 1.165) is 10.2 Å². The van der Waals surface area contributed by atoms with Crippen molar-refractivity contribution in [2.24, 2.45) is 0 Å². The van der Waals surface area contributed by atoms with Gasteiger partial charge in [-0.05, 0) is 31.0 Å². The van der Waals surface area contributed by atoms with E-state index in [1.54, 1.807) is 0 Å². The summed E-state index contributed by atoms with van der Waals surface area (Å²) in [6.07, 6.45) is 0.